The largest absolute Gasteiger partial charge is 0.469 e. The number of aromatic nitrogens is 4. The molecule has 7 nitrogen and oxygen atoms in total. The zero-order chi connectivity index (χ0) is 18.0. The molecule has 0 amide bonds. The van der Waals surface area contributed by atoms with Gasteiger partial charge in [0.25, 0.3) is 0 Å². The molecule has 0 aromatic carbocycles. The summed E-state index contributed by atoms with van der Waals surface area (Å²) in [7, 11) is 1.45. The van der Waals surface area contributed by atoms with E-state index in [1.165, 1.54) is 7.11 Å². The molecule has 2 aromatic rings. The number of rotatable bonds is 4. The second kappa shape index (κ2) is 6.82. The Kier molecular flexibility index (Phi) is 4.74. The average molecular weight is 343 g/mol. The molecule has 1 fully saturated rings. The van der Waals surface area contributed by atoms with Crippen LogP contribution in [0.2, 0.25) is 0 Å². The lowest BCUT2D eigenvalue weighted by Gasteiger charge is -2.40. The van der Waals surface area contributed by atoms with Crippen LogP contribution in [0.15, 0.2) is 24.8 Å². The minimum absolute atomic E-state index is 0.159. The van der Waals surface area contributed by atoms with Crippen LogP contribution >= 0.6 is 0 Å². The Morgan fingerprint density at radius 3 is 2.76 bits per heavy atom. The van der Waals surface area contributed by atoms with E-state index in [9.17, 15) is 4.79 Å². The van der Waals surface area contributed by atoms with Crippen molar-refractivity contribution in [3.05, 3.63) is 30.6 Å². The topological polar surface area (TPSA) is 73.1 Å². The smallest absolute Gasteiger partial charge is 0.311 e. The third-order valence-electron chi connectivity index (χ3n) is 5.16. The number of aryl methyl sites for hydroxylation is 1. The Balaban J connectivity index is 1.83. The molecule has 1 saturated heterocycles. The van der Waals surface area contributed by atoms with Gasteiger partial charge in [0.2, 0.25) is 0 Å². The molecule has 1 aliphatic rings. The maximum absolute atomic E-state index is 12.1. The summed E-state index contributed by atoms with van der Waals surface area (Å²) in [5.74, 6) is 2.51. The molecular weight excluding hydrogens is 318 g/mol. The Labute approximate surface area is 148 Å². The first kappa shape index (κ1) is 17.4. The van der Waals surface area contributed by atoms with Crippen molar-refractivity contribution in [1.29, 1.82) is 0 Å². The molecule has 1 unspecified atom stereocenters. The van der Waals surface area contributed by atoms with Crippen LogP contribution in [0.3, 0.4) is 0 Å². The van der Waals surface area contributed by atoms with Gasteiger partial charge in [-0.15, -0.1) is 0 Å². The van der Waals surface area contributed by atoms with E-state index in [2.05, 4.69) is 14.9 Å². The lowest BCUT2D eigenvalue weighted by atomic mass is 9.74. The van der Waals surface area contributed by atoms with Gasteiger partial charge >= 0.3 is 5.97 Å². The highest BCUT2D eigenvalue weighted by Crippen LogP contribution is 2.36. The van der Waals surface area contributed by atoms with Crippen LogP contribution in [0.1, 0.15) is 32.5 Å². The summed E-state index contributed by atoms with van der Waals surface area (Å²) < 4.78 is 6.91. The molecule has 25 heavy (non-hydrogen) atoms. The van der Waals surface area contributed by atoms with E-state index in [0.29, 0.717) is 0 Å². The van der Waals surface area contributed by atoms with Gasteiger partial charge in [0, 0.05) is 25.5 Å². The number of hydrogen-bond acceptors (Lipinski definition) is 6. The quantitative estimate of drug-likeness (QED) is 0.794. The summed E-state index contributed by atoms with van der Waals surface area (Å²) in [6.07, 6.45) is 9.16. The average Bonchev–Trinajstić information content (AvgIpc) is 3.07. The fraction of sp³-hybridized carbons (Fsp3) is 0.556. The van der Waals surface area contributed by atoms with Crippen LogP contribution < -0.4 is 4.90 Å². The lowest BCUT2D eigenvalue weighted by Crippen LogP contribution is -2.45. The molecule has 0 spiro atoms. The Morgan fingerprint density at radius 2 is 2.08 bits per heavy atom. The van der Waals surface area contributed by atoms with Crippen molar-refractivity contribution in [1.82, 2.24) is 19.5 Å². The van der Waals surface area contributed by atoms with E-state index in [1.54, 1.807) is 18.6 Å². The van der Waals surface area contributed by atoms with Crippen molar-refractivity contribution < 1.29 is 9.53 Å². The third-order valence-corrected chi connectivity index (χ3v) is 5.16. The van der Waals surface area contributed by atoms with E-state index >= 15 is 0 Å². The highest BCUT2D eigenvalue weighted by atomic mass is 16.5. The van der Waals surface area contributed by atoms with Gasteiger partial charge in [-0.2, -0.15) is 0 Å². The van der Waals surface area contributed by atoms with Gasteiger partial charge in [0.05, 0.1) is 24.9 Å². The fourth-order valence-corrected chi connectivity index (χ4v) is 3.44. The zero-order valence-electron chi connectivity index (χ0n) is 15.3. The van der Waals surface area contributed by atoms with Crippen LogP contribution in [0.5, 0.6) is 0 Å². The van der Waals surface area contributed by atoms with Crippen molar-refractivity contribution in [2.75, 3.05) is 25.1 Å². The molecule has 0 saturated carbocycles. The van der Waals surface area contributed by atoms with Crippen LogP contribution in [0.4, 0.5) is 5.82 Å². The van der Waals surface area contributed by atoms with E-state index < -0.39 is 5.41 Å². The molecule has 134 valence electrons. The minimum Gasteiger partial charge on any atom is -0.469 e. The predicted molar refractivity (Wildman–Crippen MR) is 94.6 cm³/mol. The van der Waals surface area contributed by atoms with Gasteiger partial charge in [-0.25, -0.2) is 9.97 Å². The standard InChI is InChI=1S/C18H25N5O2/c1-13-20-7-9-23(13)16-11-19-10-15(21-16)22-8-5-6-14(12-22)18(2,3)17(24)25-4/h7,9-11,14H,5-6,8,12H2,1-4H3. The van der Waals surface area contributed by atoms with Crippen molar-refractivity contribution >= 4 is 11.8 Å². The van der Waals surface area contributed by atoms with Crippen molar-refractivity contribution in [3.63, 3.8) is 0 Å². The number of carbonyl (C=O) groups is 1. The summed E-state index contributed by atoms with van der Waals surface area (Å²) >= 11 is 0. The van der Waals surface area contributed by atoms with Crippen LogP contribution in [-0.4, -0.2) is 45.7 Å². The van der Waals surface area contributed by atoms with Gasteiger partial charge in [0.1, 0.15) is 11.6 Å². The van der Waals surface area contributed by atoms with E-state index in [1.807, 2.05) is 31.5 Å². The second-order valence-electron chi connectivity index (χ2n) is 7.08. The number of piperidine rings is 1. The highest BCUT2D eigenvalue weighted by Gasteiger charge is 2.40. The summed E-state index contributed by atoms with van der Waals surface area (Å²) in [6.45, 7) is 7.54. The van der Waals surface area contributed by atoms with Gasteiger partial charge in [-0.3, -0.25) is 14.3 Å². The maximum Gasteiger partial charge on any atom is 0.311 e. The van der Waals surface area contributed by atoms with Crippen molar-refractivity contribution in [2.45, 2.75) is 33.6 Å². The molecule has 2 aromatic heterocycles. The Bertz CT molecular complexity index is 755. The summed E-state index contributed by atoms with van der Waals surface area (Å²) in [4.78, 5) is 27.7. The number of esters is 1. The van der Waals surface area contributed by atoms with Gasteiger partial charge < -0.3 is 9.64 Å². The normalized spacial score (nSPS) is 18.2. The van der Waals surface area contributed by atoms with Gasteiger partial charge in [-0.05, 0) is 39.5 Å². The minimum atomic E-state index is -0.514. The predicted octanol–water partition coefficient (Wildman–Crippen LogP) is 2.39. The number of carbonyl (C=O) groups excluding carboxylic acids is 1. The van der Waals surface area contributed by atoms with Crippen molar-refractivity contribution in [3.8, 4) is 5.82 Å². The number of anilines is 1. The Hall–Kier alpha value is -2.44. The molecular formula is C18H25N5O2. The summed E-state index contributed by atoms with van der Waals surface area (Å²) in [5.41, 5.74) is -0.514. The number of hydrogen-bond donors (Lipinski definition) is 0. The molecule has 1 aliphatic heterocycles. The Morgan fingerprint density at radius 1 is 1.32 bits per heavy atom. The molecule has 3 rings (SSSR count). The molecule has 0 radical (unpaired) electrons. The molecule has 0 aliphatic carbocycles. The molecule has 0 bridgehead atoms. The third kappa shape index (κ3) is 3.36. The van der Waals surface area contributed by atoms with Gasteiger partial charge in [0.15, 0.2) is 5.82 Å². The highest BCUT2D eigenvalue weighted by molar-refractivity contribution is 5.76. The first-order valence-electron chi connectivity index (χ1n) is 8.59. The summed E-state index contributed by atoms with van der Waals surface area (Å²) in [5, 5.41) is 0. The number of ether oxygens (including phenoxy) is 1. The summed E-state index contributed by atoms with van der Waals surface area (Å²) in [6, 6.07) is 0. The lowest BCUT2D eigenvalue weighted by molar-refractivity contribution is -0.154. The monoisotopic (exact) mass is 343 g/mol. The first-order valence-corrected chi connectivity index (χ1v) is 8.59. The van der Waals surface area contributed by atoms with E-state index in [-0.39, 0.29) is 11.9 Å². The van der Waals surface area contributed by atoms with E-state index in [0.717, 1.165) is 43.4 Å². The molecule has 1 atom stereocenters. The van der Waals surface area contributed by atoms with Crippen molar-refractivity contribution in [2.24, 2.45) is 11.3 Å². The van der Waals surface area contributed by atoms with Crippen LogP contribution in [0.25, 0.3) is 5.82 Å². The molecule has 7 heteroatoms. The molecule has 3 heterocycles. The fourth-order valence-electron chi connectivity index (χ4n) is 3.44. The molecule has 0 N–H and O–H groups in total. The number of imidazole rings is 1. The van der Waals surface area contributed by atoms with E-state index in [4.69, 9.17) is 9.72 Å². The maximum atomic E-state index is 12.1. The van der Waals surface area contributed by atoms with Crippen LogP contribution in [0, 0.1) is 18.3 Å². The first-order chi connectivity index (χ1) is 11.9. The number of methoxy groups -OCH3 is 1. The second-order valence-corrected chi connectivity index (χ2v) is 7.08. The zero-order valence-corrected chi connectivity index (χ0v) is 15.3. The van der Waals surface area contributed by atoms with Crippen LogP contribution in [-0.2, 0) is 9.53 Å². The van der Waals surface area contributed by atoms with Gasteiger partial charge in [-0.1, -0.05) is 0 Å². The SMILES string of the molecule is COC(=O)C(C)(C)C1CCCN(c2cncc(-n3ccnc3C)n2)C1. The number of nitrogens with zero attached hydrogens (tertiary/aromatic N) is 5.